The fraction of sp³-hybridized carbons (Fsp3) is 0.429. The maximum Gasteiger partial charge on any atom is 0.168 e. The standard InChI is InChI=1S/C14H14BrN3O/c15-11-1-2-12-13(17-19-14(12)7-11)9-18-5-3-10(8-16)4-6-18/h1-2,7,10H,3-6,9H2. The Morgan fingerprint density at radius 2 is 2.21 bits per heavy atom. The van der Waals surface area contributed by atoms with Gasteiger partial charge in [0.1, 0.15) is 5.69 Å². The summed E-state index contributed by atoms with van der Waals surface area (Å²) in [5.74, 6) is 0.223. The summed E-state index contributed by atoms with van der Waals surface area (Å²) >= 11 is 3.43. The SMILES string of the molecule is N#CC1CCN(Cc2noc3cc(Br)ccc23)CC1. The Hall–Kier alpha value is -1.38. The zero-order valence-corrected chi connectivity index (χ0v) is 12.1. The van der Waals surface area contributed by atoms with Crippen LogP contribution in [0.4, 0.5) is 0 Å². The number of benzene rings is 1. The number of piperidine rings is 1. The molecule has 2 heterocycles. The second kappa shape index (κ2) is 5.32. The van der Waals surface area contributed by atoms with Crippen LogP contribution in [-0.4, -0.2) is 23.1 Å². The molecule has 0 spiro atoms. The summed E-state index contributed by atoms with van der Waals surface area (Å²) < 4.78 is 6.35. The second-order valence-corrected chi connectivity index (χ2v) is 5.86. The first-order valence-electron chi connectivity index (χ1n) is 6.42. The molecule has 19 heavy (non-hydrogen) atoms. The summed E-state index contributed by atoms with van der Waals surface area (Å²) in [4.78, 5) is 2.34. The Kier molecular flexibility index (Phi) is 3.54. The maximum atomic E-state index is 8.90. The molecule has 1 aromatic heterocycles. The Morgan fingerprint density at radius 1 is 1.42 bits per heavy atom. The highest BCUT2D eigenvalue weighted by molar-refractivity contribution is 9.10. The number of hydrogen-bond donors (Lipinski definition) is 0. The molecule has 4 nitrogen and oxygen atoms in total. The largest absolute Gasteiger partial charge is 0.356 e. The molecule has 1 aliphatic rings. The first-order valence-corrected chi connectivity index (χ1v) is 7.21. The molecule has 0 N–H and O–H groups in total. The van der Waals surface area contributed by atoms with E-state index in [0.717, 1.165) is 53.6 Å². The van der Waals surface area contributed by atoms with Crippen molar-refractivity contribution in [3.63, 3.8) is 0 Å². The first-order chi connectivity index (χ1) is 9.26. The molecule has 1 fully saturated rings. The van der Waals surface area contributed by atoms with Crippen molar-refractivity contribution in [2.45, 2.75) is 19.4 Å². The predicted octanol–water partition coefficient (Wildman–Crippen LogP) is 3.33. The van der Waals surface area contributed by atoms with Crippen LogP contribution in [0, 0.1) is 17.2 Å². The number of rotatable bonds is 2. The molecule has 1 aliphatic heterocycles. The summed E-state index contributed by atoms with van der Waals surface area (Å²) in [6, 6.07) is 8.33. The van der Waals surface area contributed by atoms with Crippen LogP contribution in [-0.2, 0) is 6.54 Å². The lowest BCUT2D eigenvalue weighted by Gasteiger charge is -2.28. The molecule has 2 aromatic rings. The number of nitriles is 1. The van der Waals surface area contributed by atoms with E-state index in [1.165, 1.54) is 0 Å². The molecule has 0 bridgehead atoms. The van der Waals surface area contributed by atoms with Gasteiger partial charge in [0.15, 0.2) is 5.58 Å². The predicted molar refractivity (Wildman–Crippen MR) is 75.3 cm³/mol. The Bertz CT molecular complexity index is 623. The minimum Gasteiger partial charge on any atom is -0.356 e. The van der Waals surface area contributed by atoms with Crippen molar-refractivity contribution >= 4 is 26.9 Å². The number of fused-ring (bicyclic) bond motifs is 1. The minimum atomic E-state index is 0.223. The van der Waals surface area contributed by atoms with Gasteiger partial charge in [-0.1, -0.05) is 21.1 Å². The van der Waals surface area contributed by atoms with E-state index >= 15 is 0 Å². The van der Waals surface area contributed by atoms with Crippen molar-refractivity contribution in [2.24, 2.45) is 5.92 Å². The molecule has 3 rings (SSSR count). The summed E-state index contributed by atoms with van der Waals surface area (Å²) in [5, 5.41) is 14.1. The third kappa shape index (κ3) is 2.65. The third-order valence-electron chi connectivity index (χ3n) is 3.65. The van der Waals surface area contributed by atoms with E-state index < -0.39 is 0 Å². The van der Waals surface area contributed by atoms with E-state index in [-0.39, 0.29) is 5.92 Å². The van der Waals surface area contributed by atoms with Gasteiger partial charge in [-0.2, -0.15) is 5.26 Å². The molecule has 0 atom stereocenters. The van der Waals surface area contributed by atoms with E-state index in [2.05, 4.69) is 32.1 Å². The molecule has 0 aliphatic carbocycles. The average Bonchev–Trinajstić information content (AvgIpc) is 2.82. The molecule has 0 amide bonds. The van der Waals surface area contributed by atoms with E-state index in [1.807, 2.05) is 18.2 Å². The minimum absolute atomic E-state index is 0.223. The highest BCUT2D eigenvalue weighted by Crippen LogP contribution is 2.25. The van der Waals surface area contributed by atoms with Crippen LogP contribution in [0.15, 0.2) is 27.2 Å². The lowest BCUT2D eigenvalue weighted by atomic mass is 9.98. The summed E-state index contributed by atoms with van der Waals surface area (Å²) in [6.45, 7) is 2.72. The number of hydrogen-bond acceptors (Lipinski definition) is 4. The summed E-state index contributed by atoms with van der Waals surface area (Å²) in [6.07, 6.45) is 1.91. The Labute approximate surface area is 120 Å². The molecule has 0 unspecified atom stereocenters. The number of aromatic nitrogens is 1. The molecule has 98 valence electrons. The lowest BCUT2D eigenvalue weighted by molar-refractivity contribution is 0.194. The Morgan fingerprint density at radius 3 is 2.95 bits per heavy atom. The monoisotopic (exact) mass is 319 g/mol. The van der Waals surface area contributed by atoms with Crippen LogP contribution in [0.3, 0.4) is 0 Å². The molecule has 0 radical (unpaired) electrons. The van der Waals surface area contributed by atoms with E-state index in [9.17, 15) is 0 Å². The van der Waals surface area contributed by atoms with Gasteiger partial charge >= 0.3 is 0 Å². The van der Waals surface area contributed by atoms with Crippen molar-refractivity contribution in [3.05, 3.63) is 28.4 Å². The van der Waals surface area contributed by atoms with Gasteiger partial charge < -0.3 is 4.52 Å². The molecule has 0 saturated carbocycles. The summed E-state index contributed by atoms with van der Waals surface area (Å²) in [7, 11) is 0. The van der Waals surface area contributed by atoms with Gasteiger partial charge in [-0.05, 0) is 44.1 Å². The van der Waals surface area contributed by atoms with Gasteiger partial charge in [0.2, 0.25) is 0 Å². The second-order valence-electron chi connectivity index (χ2n) is 4.95. The molecular formula is C14H14BrN3O. The first kappa shape index (κ1) is 12.6. The number of halogens is 1. The Balaban J connectivity index is 1.74. The van der Waals surface area contributed by atoms with Gasteiger partial charge in [-0.15, -0.1) is 0 Å². The zero-order valence-electron chi connectivity index (χ0n) is 10.5. The van der Waals surface area contributed by atoms with E-state index in [4.69, 9.17) is 9.78 Å². The van der Waals surface area contributed by atoms with Gasteiger partial charge in [0.25, 0.3) is 0 Å². The highest BCUT2D eigenvalue weighted by atomic mass is 79.9. The zero-order chi connectivity index (χ0) is 13.2. The summed E-state index contributed by atoms with van der Waals surface area (Å²) in [5.41, 5.74) is 1.80. The normalized spacial score (nSPS) is 17.7. The third-order valence-corrected chi connectivity index (χ3v) is 4.15. The lowest BCUT2D eigenvalue weighted by Crippen LogP contribution is -2.32. The smallest absolute Gasteiger partial charge is 0.168 e. The van der Waals surface area contributed by atoms with Gasteiger partial charge in [0, 0.05) is 22.3 Å². The number of likely N-dealkylation sites (tertiary alicyclic amines) is 1. The number of nitrogens with zero attached hydrogens (tertiary/aromatic N) is 3. The average molecular weight is 320 g/mol. The van der Waals surface area contributed by atoms with Crippen molar-refractivity contribution in [1.82, 2.24) is 10.1 Å². The molecule has 1 saturated heterocycles. The van der Waals surface area contributed by atoms with Crippen LogP contribution >= 0.6 is 15.9 Å². The highest BCUT2D eigenvalue weighted by Gasteiger charge is 2.20. The topological polar surface area (TPSA) is 53.1 Å². The fourth-order valence-corrected chi connectivity index (χ4v) is 2.85. The van der Waals surface area contributed by atoms with Crippen LogP contribution in [0.2, 0.25) is 0 Å². The molecular weight excluding hydrogens is 306 g/mol. The quantitative estimate of drug-likeness (QED) is 0.852. The van der Waals surface area contributed by atoms with Crippen molar-refractivity contribution in [1.29, 1.82) is 5.26 Å². The van der Waals surface area contributed by atoms with Gasteiger partial charge in [-0.3, -0.25) is 4.90 Å². The van der Waals surface area contributed by atoms with Crippen molar-refractivity contribution < 1.29 is 4.52 Å². The maximum absolute atomic E-state index is 8.90. The fourth-order valence-electron chi connectivity index (χ4n) is 2.51. The van der Waals surface area contributed by atoms with Crippen molar-refractivity contribution in [3.8, 4) is 6.07 Å². The van der Waals surface area contributed by atoms with Crippen molar-refractivity contribution in [2.75, 3.05) is 13.1 Å². The van der Waals surface area contributed by atoms with E-state index in [0.29, 0.717) is 0 Å². The van der Waals surface area contributed by atoms with E-state index in [1.54, 1.807) is 0 Å². The van der Waals surface area contributed by atoms with Crippen LogP contribution in [0.1, 0.15) is 18.5 Å². The molecule has 5 heteroatoms. The van der Waals surface area contributed by atoms with Crippen LogP contribution in [0.5, 0.6) is 0 Å². The van der Waals surface area contributed by atoms with Crippen LogP contribution < -0.4 is 0 Å². The van der Waals surface area contributed by atoms with Crippen LogP contribution in [0.25, 0.3) is 11.0 Å². The van der Waals surface area contributed by atoms with Gasteiger partial charge in [0.05, 0.1) is 6.07 Å². The van der Waals surface area contributed by atoms with Gasteiger partial charge in [-0.25, -0.2) is 0 Å². The molecule has 1 aromatic carbocycles.